The van der Waals surface area contributed by atoms with E-state index in [-0.39, 0.29) is 56.3 Å². The number of fused-ring (bicyclic) bond motifs is 1. The minimum Gasteiger partial charge on any atom is -0.507 e. The number of aromatic hydroxyl groups is 1. The maximum Gasteiger partial charge on any atom is 0.416 e. The molecule has 0 unspecified atom stereocenters. The van der Waals surface area contributed by atoms with Crippen molar-refractivity contribution in [1.29, 1.82) is 0 Å². The molecule has 0 bridgehead atoms. The lowest BCUT2D eigenvalue weighted by atomic mass is 10.1. The number of nitrogens with zero attached hydrogens (tertiary/aromatic N) is 3. The monoisotopic (exact) mass is 728 g/mol. The van der Waals surface area contributed by atoms with Crippen LogP contribution in [0, 0.1) is 0 Å². The van der Waals surface area contributed by atoms with Gasteiger partial charge in [0.05, 0.1) is 27.2 Å². The Labute approximate surface area is 283 Å². The molecule has 0 radical (unpaired) electrons. The number of nitrogens with one attached hydrogen (secondary N) is 2. The Balaban J connectivity index is 1.38. The fourth-order valence-corrected chi connectivity index (χ4v) is 7.03. The second-order valence-electron chi connectivity index (χ2n) is 10.6. The Kier molecular flexibility index (Phi) is 9.72. The van der Waals surface area contributed by atoms with Crippen molar-refractivity contribution in [3.05, 3.63) is 103 Å². The molecule has 0 aliphatic rings. The van der Waals surface area contributed by atoms with Crippen LogP contribution in [0.1, 0.15) is 12.5 Å². The number of hydrogen-bond donors (Lipinski definition) is 5. The first kappa shape index (κ1) is 35.6. The molecular formula is C32H27F3N6O7S2. The summed E-state index contributed by atoms with van der Waals surface area (Å²) in [6, 6.07) is 19.3. The molecular weight excluding hydrogens is 702 g/mol. The SMILES string of the molecule is CCN(c1ccc(NC(=O)Nc2ccc(C(F)(F)F)cc2)cc1)S(=O)(=O)c1ccccc1N=Nc1c(N)ccc2cc(S(=O)(=O)O)cc(O)c12. The van der Waals surface area contributed by atoms with E-state index in [1.807, 2.05) is 0 Å². The van der Waals surface area contributed by atoms with E-state index < -0.39 is 48.6 Å². The molecule has 0 saturated heterocycles. The van der Waals surface area contributed by atoms with E-state index in [9.17, 15) is 44.5 Å². The van der Waals surface area contributed by atoms with Crippen LogP contribution in [-0.4, -0.2) is 39.1 Å². The second-order valence-corrected chi connectivity index (χ2v) is 13.8. The second kappa shape index (κ2) is 13.7. The lowest BCUT2D eigenvalue weighted by Gasteiger charge is -2.23. The van der Waals surface area contributed by atoms with Crippen LogP contribution in [0.2, 0.25) is 0 Å². The normalized spacial score (nSPS) is 12.3. The van der Waals surface area contributed by atoms with Crippen molar-refractivity contribution in [2.24, 2.45) is 10.2 Å². The Bertz CT molecular complexity index is 2340. The van der Waals surface area contributed by atoms with Gasteiger partial charge in [-0.15, -0.1) is 10.2 Å². The number of urea groups is 1. The maximum atomic E-state index is 13.9. The number of alkyl halides is 3. The van der Waals surface area contributed by atoms with Gasteiger partial charge in [-0.25, -0.2) is 13.2 Å². The minimum atomic E-state index is -4.64. The summed E-state index contributed by atoms with van der Waals surface area (Å²) in [5.74, 6) is -0.565. The van der Waals surface area contributed by atoms with Gasteiger partial charge in [-0.05, 0) is 85.1 Å². The summed E-state index contributed by atoms with van der Waals surface area (Å²) in [6.07, 6.45) is -4.52. The predicted molar refractivity (Wildman–Crippen MR) is 181 cm³/mol. The summed E-state index contributed by atoms with van der Waals surface area (Å²) in [4.78, 5) is 11.6. The maximum absolute atomic E-state index is 13.9. The topological polar surface area (TPSA) is 204 Å². The van der Waals surface area contributed by atoms with E-state index in [0.29, 0.717) is 0 Å². The van der Waals surface area contributed by atoms with Crippen LogP contribution < -0.4 is 20.7 Å². The molecule has 0 heterocycles. The summed E-state index contributed by atoms with van der Waals surface area (Å²) in [5, 5.41) is 24.0. The number of benzene rings is 5. The number of sulfonamides is 1. The molecule has 5 aromatic rings. The van der Waals surface area contributed by atoms with E-state index in [0.717, 1.165) is 40.7 Å². The van der Waals surface area contributed by atoms with Gasteiger partial charge >= 0.3 is 12.2 Å². The standard InChI is InChI=1S/C32H27F3N6O7S2/c1-2-41(23-14-12-22(13-15-23)38-31(43)37-21-10-8-20(9-11-21)32(33,34)35)49(44,45)28-6-4-3-5-26(28)39-40-30-25(36)16-7-19-17-24(50(46,47)48)18-27(42)29(19)30/h3-18,42H,2,36H2,1H3,(H2,37,38,43)(H,46,47,48). The highest BCUT2D eigenvalue weighted by atomic mass is 32.2. The zero-order valence-corrected chi connectivity index (χ0v) is 27.4. The largest absolute Gasteiger partial charge is 0.507 e. The van der Waals surface area contributed by atoms with Crippen molar-refractivity contribution in [1.82, 2.24) is 0 Å². The van der Waals surface area contributed by atoms with E-state index in [1.54, 1.807) is 6.92 Å². The van der Waals surface area contributed by atoms with E-state index in [4.69, 9.17) is 5.73 Å². The highest BCUT2D eigenvalue weighted by Gasteiger charge is 2.30. The molecule has 0 atom stereocenters. The van der Waals surface area contributed by atoms with Gasteiger partial charge in [-0.2, -0.15) is 21.6 Å². The van der Waals surface area contributed by atoms with Crippen LogP contribution in [0.5, 0.6) is 5.75 Å². The number of hydrogen-bond acceptors (Lipinski definition) is 9. The van der Waals surface area contributed by atoms with Crippen molar-refractivity contribution in [3.63, 3.8) is 0 Å². The third kappa shape index (κ3) is 7.61. The van der Waals surface area contributed by atoms with Crippen LogP contribution in [0.3, 0.4) is 0 Å². The van der Waals surface area contributed by atoms with Gasteiger partial charge in [0.1, 0.15) is 22.0 Å². The van der Waals surface area contributed by atoms with E-state index in [1.165, 1.54) is 60.7 Å². The smallest absolute Gasteiger partial charge is 0.416 e. The predicted octanol–water partition coefficient (Wildman–Crippen LogP) is 7.67. The number of amides is 2. The summed E-state index contributed by atoms with van der Waals surface area (Å²) < 4.78 is 100. The van der Waals surface area contributed by atoms with Gasteiger partial charge in [0, 0.05) is 24.0 Å². The van der Waals surface area contributed by atoms with Crippen LogP contribution in [-0.2, 0) is 26.3 Å². The average molecular weight is 729 g/mol. The number of azo groups is 1. The number of nitrogen functional groups attached to an aromatic ring is 1. The average Bonchev–Trinajstić information content (AvgIpc) is 3.05. The fourth-order valence-electron chi connectivity index (χ4n) is 4.89. The van der Waals surface area contributed by atoms with Gasteiger partial charge in [0.2, 0.25) is 0 Å². The molecule has 5 rings (SSSR count). The molecule has 2 amide bonds. The number of halogens is 3. The summed E-state index contributed by atoms with van der Waals surface area (Å²) >= 11 is 0. The van der Waals surface area contributed by atoms with Crippen molar-refractivity contribution < 1.29 is 44.5 Å². The lowest BCUT2D eigenvalue weighted by molar-refractivity contribution is -0.137. The fraction of sp³-hybridized carbons (Fsp3) is 0.0938. The van der Waals surface area contributed by atoms with Gasteiger partial charge in [-0.1, -0.05) is 18.2 Å². The zero-order chi connectivity index (χ0) is 36.4. The summed E-state index contributed by atoms with van der Waals surface area (Å²) in [7, 11) is -8.93. The quantitative estimate of drug-likeness (QED) is 0.0577. The van der Waals surface area contributed by atoms with Gasteiger partial charge < -0.3 is 21.5 Å². The molecule has 0 aromatic heterocycles. The Hall–Kier alpha value is -5.72. The number of rotatable bonds is 9. The highest BCUT2D eigenvalue weighted by molar-refractivity contribution is 7.93. The van der Waals surface area contributed by atoms with Crippen molar-refractivity contribution in [3.8, 4) is 5.75 Å². The molecule has 13 nitrogen and oxygen atoms in total. The molecule has 0 spiro atoms. The first-order chi connectivity index (χ1) is 23.5. The van der Waals surface area contributed by atoms with E-state index in [2.05, 4.69) is 20.9 Å². The molecule has 50 heavy (non-hydrogen) atoms. The molecule has 6 N–H and O–H groups in total. The third-order valence-corrected chi connectivity index (χ3v) is 10.0. The molecule has 5 aromatic carbocycles. The number of nitrogens with two attached hydrogens (primary N) is 1. The molecule has 0 aliphatic heterocycles. The Morgan fingerprint density at radius 1 is 0.860 bits per heavy atom. The van der Waals surface area contributed by atoms with Crippen molar-refractivity contribution in [2.45, 2.75) is 22.9 Å². The summed E-state index contributed by atoms with van der Waals surface area (Å²) in [6.45, 7) is 1.58. The minimum absolute atomic E-state index is 0.0124. The molecule has 0 aliphatic carbocycles. The van der Waals surface area contributed by atoms with Crippen molar-refractivity contribution >= 4 is 71.1 Å². The lowest BCUT2D eigenvalue weighted by Crippen LogP contribution is -2.30. The van der Waals surface area contributed by atoms with Gasteiger partial charge in [0.25, 0.3) is 20.1 Å². The van der Waals surface area contributed by atoms with E-state index >= 15 is 0 Å². The Morgan fingerprint density at radius 2 is 1.46 bits per heavy atom. The van der Waals surface area contributed by atoms with Crippen LogP contribution in [0.25, 0.3) is 10.8 Å². The number of carbonyl (C=O) groups excluding carboxylic acids is 1. The number of phenols is 1. The first-order valence-electron chi connectivity index (χ1n) is 14.4. The third-order valence-electron chi connectivity index (χ3n) is 7.23. The highest BCUT2D eigenvalue weighted by Crippen LogP contribution is 2.41. The molecule has 0 fully saturated rings. The van der Waals surface area contributed by atoms with Gasteiger partial charge in [-0.3, -0.25) is 8.86 Å². The number of phenolic OH excluding ortho intramolecular Hbond substituents is 1. The van der Waals surface area contributed by atoms with Crippen LogP contribution in [0.15, 0.2) is 117 Å². The number of anilines is 4. The summed E-state index contributed by atoms with van der Waals surface area (Å²) in [5.41, 5.74) is 5.71. The van der Waals surface area contributed by atoms with Crippen LogP contribution in [0.4, 0.5) is 52.1 Å². The Morgan fingerprint density at radius 3 is 2.04 bits per heavy atom. The van der Waals surface area contributed by atoms with Crippen LogP contribution >= 0.6 is 0 Å². The molecule has 18 heteroatoms. The molecule has 260 valence electrons. The zero-order valence-electron chi connectivity index (χ0n) is 25.7. The molecule has 0 saturated carbocycles. The van der Waals surface area contributed by atoms with Gasteiger partial charge in [0.15, 0.2) is 0 Å². The number of carbonyl (C=O) groups is 1. The first-order valence-corrected chi connectivity index (χ1v) is 17.3. The van der Waals surface area contributed by atoms with Crippen molar-refractivity contribution in [2.75, 3.05) is 27.2 Å².